The van der Waals surface area contributed by atoms with Crippen LogP contribution in [-0.2, 0) is 0 Å². The van der Waals surface area contributed by atoms with E-state index in [2.05, 4.69) is 11.8 Å². The summed E-state index contributed by atoms with van der Waals surface area (Å²) < 4.78 is 0. The van der Waals surface area contributed by atoms with E-state index in [9.17, 15) is 5.11 Å². The standard InChI is InChI=1S/C11H21NO/c1-2-11(9-3-4-9)12-7-5-10(13)6-8-12/h9-11,13H,2-8H2,1H3. The second kappa shape index (κ2) is 3.97. The summed E-state index contributed by atoms with van der Waals surface area (Å²) in [6.45, 7) is 4.54. The van der Waals surface area contributed by atoms with Crippen molar-refractivity contribution in [2.75, 3.05) is 13.1 Å². The summed E-state index contributed by atoms with van der Waals surface area (Å²) in [5.74, 6) is 0.986. The first-order chi connectivity index (χ1) is 6.31. The molecule has 1 atom stereocenters. The van der Waals surface area contributed by atoms with Crippen molar-refractivity contribution in [3.05, 3.63) is 0 Å². The molecule has 0 aromatic carbocycles. The van der Waals surface area contributed by atoms with E-state index in [1.807, 2.05) is 0 Å². The summed E-state index contributed by atoms with van der Waals surface area (Å²) in [6.07, 6.45) is 6.13. The third-order valence-electron chi connectivity index (χ3n) is 3.55. The predicted octanol–water partition coefficient (Wildman–Crippen LogP) is 1.63. The fourth-order valence-corrected chi connectivity index (χ4v) is 2.59. The molecule has 2 rings (SSSR count). The minimum absolute atomic E-state index is 0.0204. The molecular formula is C11H21NO. The van der Waals surface area contributed by atoms with Gasteiger partial charge in [-0.25, -0.2) is 0 Å². The summed E-state index contributed by atoms with van der Waals surface area (Å²) >= 11 is 0. The van der Waals surface area contributed by atoms with Crippen molar-refractivity contribution in [3.63, 3.8) is 0 Å². The highest BCUT2D eigenvalue weighted by atomic mass is 16.3. The molecule has 76 valence electrons. The lowest BCUT2D eigenvalue weighted by Crippen LogP contribution is -2.43. The van der Waals surface area contributed by atoms with Gasteiger partial charge in [-0.1, -0.05) is 6.92 Å². The van der Waals surface area contributed by atoms with E-state index in [4.69, 9.17) is 0 Å². The Balaban J connectivity index is 1.84. The zero-order valence-electron chi connectivity index (χ0n) is 8.58. The Labute approximate surface area is 80.9 Å². The molecule has 2 nitrogen and oxygen atoms in total. The molecule has 0 aromatic rings. The Morgan fingerprint density at radius 2 is 1.85 bits per heavy atom. The maximum absolute atomic E-state index is 9.41. The molecule has 1 unspecified atom stereocenters. The highest BCUT2D eigenvalue weighted by Gasteiger charge is 2.35. The van der Waals surface area contributed by atoms with Crippen LogP contribution in [0, 0.1) is 5.92 Å². The monoisotopic (exact) mass is 183 g/mol. The molecule has 1 saturated heterocycles. The van der Waals surface area contributed by atoms with Crippen LogP contribution in [0.15, 0.2) is 0 Å². The molecule has 2 aliphatic rings. The molecule has 1 aliphatic heterocycles. The lowest BCUT2D eigenvalue weighted by atomic mass is 10.0. The fourth-order valence-electron chi connectivity index (χ4n) is 2.59. The molecule has 0 radical (unpaired) electrons. The van der Waals surface area contributed by atoms with E-state index < -0.39 is 0 Å². The SMILES string of the molecule is CCC(C1CC1)N1CCC(O)CC1. The Morgan fingerprint density at radius 1 is 1.23 bits per heavy atom. The Morgan fingerprint density at radius 3 is 2.31 bits per heavy atom. The number of piperidine rings is 1. The number of aliphatic hydroxyl groups is 1. The van der Waals surface area contributed by atoms with Crippen molar-refractivity contribution >= 4 is 0 Å². The fraction of sp³-hybridized carbons (Fsp3) is 1.00. The first-order valence-electron chi connectivity index (χ1n) is 5.73. The van der Waals surface area contributed by atoms with E-state index in [-0.39, 0.29) is 6.10 Å². The second-order valence-electron chi connectivity index (χ2n) is 4.58. The Hall–Kier alpha value is -0.0800. The van der Waals surface area contributed by atoms with Crippen molar-refractivity contribution in [1.29, 1.82) is 0 Å². The third-order valence-corrected chi connectivity index (χ3v) is 3.55. The van der Waals surface area contributed by atoms with Crippen LogP contribution in [0.4, 0.5) is 0 Å². The molecule has 2 fully saturated rings. The Bertz CT molecular complexity index is 159. The van der Waals surface area contributed by atoms with Gasteiger partial charge in [-0.15, -0.1) is 0 Å². The molecule has 1 N–H and O–H groups in total. The van der Waals surface area contributed by atoms with Gasteiger partial charge in [0.2, 0.25) is 0 Å². The molecule has 0 aromatic heterocycles. The van der Waals surface area contributed by atoms with Crippen LogP contribution >= 0.6 is 0 Å². The average molecular weight is 183 g/mol. The van der Waals surface area contributed by atoms with Gasteiger partial charge in [0.05, 0.1) is 6.10 Å². The van der Waals surface area contributed by atoms with E-state index in [0.717, 1.165) is 37.9 Å². The number of nitrogens with zero attached hydrogens (tertiary/aromatic N) is 1. The normalized spacial score (nSPS) is 29.1. The highest BCUT2D eigenvalue weighted by molar-refractivity contribution is 4.89. The van der Waals surface area contributed by atoms with Gasteiger partial charge < -0.3 is 5.11 Å². The van der Waals surface area contributed by atoms with Gasteiger partial charge in [0.15, 0.2) is 0 Å². The number of hydrogen-bond donors (Lipinski definition) is 1. The number of likely N-dealkylation sites (tertiary alicyclic amines) is 1. The van der Waals surface area contributed by atoms with Crippen molar-refractivity contribution < 1.29 is 5.11 Å². The van der Waals surface area contributed by atoms with E-state index in [1.165, 1.54) is 19.3 Å². The van der Waals surface area contributed by atoms with Gasteiger partial charge in [-0.2, -0.15) is 0 Å². The summed E-state index contributed by atoms with van der Waals surface area (Å²) in [5, 5.41) is 9.41. The van der Waals surface area contributed by atoms with E-state index in [1.54, 1.807) is 0 Å². The molecule has 0 amide bonds. The smallest absolute Gasteiger partial charge is 0.0564 e. The second-order valence-corrected chi connectivity index (χ2v) is 4.58. The zero-order valence-corrected chi connectivity index (χ0v) is 8.58. The molecule has 2 heteroatoms. The van der Waals surface area contributed by atoms with Crippen LogP contribution in [0.1, 0.15) is 39.0 Å². The zero-order chi connectivity index (χ0) is 9.26. The summed E-state index contributed by atoms with van der Waals surface area (Å²) in [5.41, 5.74) is 0. The topological polar surface area (TPSA) is 23.5 Å². The van der Waals surface area contributed by atoms with Gasteiger partial charge in [-0.05, 0) is 38.0 Å². The van der Waals surface area contributed by atoms with Crippen LogP contribution in [0.2, 0.25) is 0 Å². The van der Waals surface area contributed by atoms with Gasteiger partial charge >= 0.3 is 0 Å². The molecule has 13 heavy (non-hydrogen) atoms. The summed E-state index contributed by atoms with van der Waals surface area (Å²) in [6, 6.07) is 0.826. The average Bonchev–Trinajstić information content (AvgIpc) is 2.93. The van der Waals surface area contributed by atoms with Gasteiger partial charge in [0, 0.05) is 19.1 Å². The molecular weight excluding hydrogens is 162 g/mol. The van der Waals surface area contributed by atoms with Crippen LogP contribution in [0.5, 0.6) is 0 Å². The van der Waals surface area contributed by atoms with Crippen molar-refractivity contribution in [1.82, 2.24) is 4.90 Å². The van der Waals surface area contributed by atoms with Crippen LogP contribution in [0.3, 0.4) is 0 Å². The lowest BCUT2D eigenvalue weighted by molar-refractivity contribution is 0.0538. The number of rotatable bonds is 3. The molecule has 0 bridgehead atoms. The third kappa shape index (κ3) is 2.23. The van der Waals surface area contributed by atoms with Crippen LogP contribution < -0.4 is 0 Å². The molecule has 1 heterocycles. The minimum Gasteiger partial charge on any atom is -0.393 e. The van der Waals surface area contributed by atoms with Gasteiger partial charge in [-0.3, -0.25) is 4.90 Å². The predicted molar refractivity (Wildman–Crippen MR) is 53.6 cm³/mol. The van der Waals surface area contributed by atoms with E-state index >= 15 is 0 Å². The largest absolute Gasteiger partial charge is 0.393 e. The van der Waals surface area contributed by atoms with Crippen LogP contribution in [-0.4, -0.2) is 35.2 Å². The minimum atomic E-state index is -0.0204. The maximum Gasteiger partial charge on any atom is 0.0564 e. The molecule has 1 saturated carbocycles. The highest BCUT2D eigenvalue weighted by Crippen LogP contribution is 2.37. The number of aliphatic hydroxyl groups excluding tert-OH is 1. The first-order valence-corrected chi connectivity index (χ1v) is 5.73. The van der Waals surface area contributed by atoms with E-state index in [0.29, 0.717) is 0 Å². The lowest BCUT2D eigenvalue weighted by Gasteiger charge is -2.36. The van der Waals surface area contributed by atoms with Crippen molar-refractivity contribution in [3.8, 4) is 0 Å². The van der Waals surface area contributed by atoms with Crippen molar-refractivity contribution in [2.24, 2.45) is 5.92 Å². The summed E-state index contributed by atoms with van der Waals surface area (Å²) in [4.78, 5) is 2.60. The van der Waals surface area contributed by atoms with Gasteiger partial charge in [0.25, 0.3) is 0 Å². The Kier molecular flexibility index (Phi) is 2.89. The number of hydrogen-bond acceptors (Lipinski definition) is 2. The van der Waals surface area contributed by atoms with Crippen molar-refractivity contribution in [2.45, 2.75) is 51.2 Å². The van der Waals surface area contributed by atoms with Gasteiger partial charge in [0.1, 0.15) is 0 Å². The maximum atomic E-state index is 9.41. The van der Waals surface area contributed by atoms with Crippen LogP contribution in [0.25, 0.3) is 0 Å². The molecule has 1 aliphatic carbocycles. The first kappa shape index (κ1) is 9.47. The quantitative estimate of drug-likeness (QED) is 0.719. The summed E-state index contributed by atoms with van der Waals surface area (Å²) in [7, 11) is 0. The molecule has 0 spiro atoms.